The molecule has 0 saturated heterocycles. The van der Waals surface area contributed by atoms with Gasteiger partial charge in [-0.25, -0.2) is 0 Å². The van der Waals surface area contributed by atoms with Gasteiger partial charge in [0.15, 0.2) is 0 Å². The van der Waals surface area contributed by atoms with E-state index >= 15 is 0 Å². The summed E-state index contributed by atoms with van der Waals surface area (Å²) in [6.45, 7) is 0. The monoisotopic (exact) mass is 162 g/mol. The van der Waals surface area contributed by atoms with Crippen LogP contribution >= 0.6 is 27.5 Å². The average molecular weight is 163 g/mol. The van der Waals surface area contributed by atoms with Crippen molar-refractivity contribution in [3.63, 3.8) is 0 Å². The fourth-order valence-electron chi connectivity index (χ4n) is 0.0179. The van der Waals surface area contributed by atoms with E-state index in [9.17, 15) is 0 Å². The lowest BCUT2D eigenvalue weighted by Gasteiger charge is -1.75. The number of hydrogen-bond acceptors (Lipinski definition) is 0. The van der Waals surface area contributed by atoms with Crippen LogP contribution in [-0.2, 0) is 0 Å². The summed E-state index contributed by atoms with van der Waals surface area (Å²) >= 11 is 7.37. The molecule has 0 atom stereocenters. The third-order valence-corrected chi connectivity index (χ3v) is 0.387. The van der Waals surface area contributed by atoms with Crippen molar-refractivity contribution < 1.29 is 8.22 Å². The summed E-state index contributed by atoms with van der Waals surface area (Å²) in [6.07, 6.45) is -2.78. The summed E-state index contributed by atoms with van der Waals surface area (Å²) in [5.41, 5.74) is 0. The molecule has 0 aliphatic rings. The molecule has 0 aliphatic heterocycles. The first-order valence-corrected chi connectivity index (χ1v) is 2.05. The second-order valence-electron chi connectivity index (χ2n) is 0.314. The number of hydrogen-bond donors (Lipinski definition) is 0. The molecule has 0 spiro atoms. The van der Waals surface area contributed by atoms with Crippen LogP contribution in [0.2, 0.25) is 0 Å². The van der Waals surface area contributed by atoms with Gasteiger partial charge in [0, 0.05) is 19.3 Å². The minimum atomic E-state index is -2.78. The van der Waals surface area contributed by atoms with E-state index in [0.717, 1.165) is 0 Å². The van der Waals surface area contributed by atoms with Crippen molar-refractivity contribution in [3.8, 4) is 0 Å². The molecule has 0 heterocycles. The first kappa shape index (κ1) is 1.13. The van der Waals surface area contributed by atoms with Crippen LogP contribution in [0.3, 0.4) is 0 Å². The molecule has 0 nitrogen and oxygen atoms in total. The van der Waals surface area contributed by atoms with Gasteiger partial charge < -0.3 is 0 Å². The minimum absolute atomic E-state index is 2.37. The second-order valence-corrected chi connectivity index (χ2v) is 0.899. The average Bonchev–Trinajstić information content (AvgIpc) is 1.58. The Hall–Kier alpha value is 0.770. The highest BCUT2D eigenvalue weighted by Crippen LogP contribution is 1.87. The lowest BCUT2D eigenvalue weighted by atomic mass is 10.6. The van der Waals surface area contributed by atoms with Crippen LogP contribution in [0, 0.1) is 0 Å². The molecule has 0 unspecified atom stereocenters. The molecule has 0 N–H and O–H groups in total. The summed E-state index contributed by atoms with van der Waals surface area (Å²) in [5.74, 6) is -2.74. The highest BCUT2D eigenvalue weighted by atomic mass is 79.9. The van der Waals surface area contributed by atoms with Crippen LogP contribution in [-0.4, -0.2) is 11.1 Å². The Bertz CT molecular complexity index is 129. The molecule has 0 saturated carbocycles. The zero-order valence-corrected chi connectivity index (χ0v) is 4.60. The minimum Gasteiger partial charge on any atom is -0.127 e. The van der Waals surface area contributed by atoms with E-state index in [1.807, 2.05) is 0 Å². The van der Waals surface area contributed by atoms with E-state index in [1.54, 1.807) is 0 Å². The third kappa shape index (κ3) is 4.77. The van der Waals surface area contributed by atoms with Gasteiger partial charge in [-0.05, 0) is 6.37 Å². The van der Waals surface area contributed by atoms with Crippen molar-refractivity contribution in [2.24, 2.45) is 0 Å². The van der Waals surface area contributed by atoms with Crippen LogP contribution in [0.1, 0.15) is 14.6 Å². The predicted molar refractivity (Wildman–Crippen MR) is 29.1 cm³/mol. The molecule has 0 rings (SSSR count). The zero-order valence-electron chi connectivity index (χ0n) is 8.26. The SMILES string of the molecule is [2H]C([2H])(Cl)C([2H])([2H])C([2H])([2H])Br. The van der Waals surface area contributed by atoms with Gasteiger partial charge in [0.2, 0.25) is 0 Å². The quantitative estimate of drug-likeness (QED) is 0.547. The van der Waals surface area contributed by atoms with Gasteiger partial charge in [-0.3, -0.25) is 0 Å². The molecular formula is C3H6BrCl. The van der Waals surface area contributed by atoms with Crippen molar-refractivity contribution in [2.75, 3.05) is 11.1 Å². The molecule has 0 fully saturated rings. The number of alkyl halides is 2. The van der Waals surface area contributed by atoms with Gasteiger partial charge in [-0.15, -0.1) is 11.6 Å². The van der Waals surface area contributed by atoms with Crippen molar-refractivity contribution in [2.45, 2.75) is 6.37 Å². The van der Waals surface area contributed by atoms with Crippen LogP contribution in [0.25, 0.3) is 0 Å². The molecule has 2 heteroatoms. The number of halogens is 2. The first-order valence-electron chi connectivity index (χ1n) is 3.88. The van der Waals surface area contributed by atoms with E-state index in [0.29, 0.717) is 0 Å². The fourth-order valence-corrected chi connectivity index (χ4v) is 0.278. The van der Waals surface area contributed by atoms with Gasteiger partial charge >= 0.3 is 0 Å². The van der Waals surface area contributed by atoms with E-state index in [1.165, 1.54) is 0 Å². The Kier molecular flexibility index (Phi) is 1.08. The van der Waals surface area contributed by atoms with Crippen LogP contribution in [0.4, 0.5) is 0 Å². The molecule has 0 aromatic rings. The fraction of sp³-hybridized carbons (Fsp3) is 1.00. The van der Waals surface area contributed by atoms with E-state index in [2.05, 4.69) is 15.9 Å². The molecule has 32 valence electrons. The Morgan fingerprint density at radius 3 is 2.60 bits per heavy atom. The molecule has 0 bridgehead atoms. The smallest absolute Gasteiger partial charge is 0.0435 e. The van der Waals surface area contributed by atoms with Crippen molar-refractivity contribution in [3.05, 3.63) is 0 Å². The van der Waals surface area contributed by atoms with E-state index in [-0.39, 0.29) is 0 Å². The van der Waals surface area contributed by atoms with Crippen molar-refractivity contribution >= 4 is 27.5 Å². The third-order valence-electron chi connectivity index (χ3n) is 0.0945. The maximum atomic E-state index is 6.97. The van der Waals surface area contributed by atoms with Crippen molar-refractivity contribution in [1.29, 1.82) is 0 Å². The largest absolute Gasteiger partial charge is 0.127 e. The Morgan fingerprint density at radius 1 is 2.00 bits per heavy atom. The van der Waals surface area contributed by atoms with Gasteiger partial charge in [-0.2, -0.15) is 0 Å². The lowest BCUT2D eigenvalue weighted by molar-refractivity contribution is 1.13. The van der Waals surface area contributed by atoms with Crippen LogP contribution in [0.15, 0.2) is 0 Å². The van der Waals surface area contributed by atoms with Crippen LogP contribution < -0.4 is 0 Å². The predicted octanol–water partition coefficient (Wildman–Crippen LogP) is 2.01. The van der Waals surface area contributed by atoms with E-state index < -0.39 is 17.5 Å². The molecule has 0 aromatic heterocycles. The summed E-state index contributed by atoms with van der Waals surface area (Å²) in [4.78, 5) is 0. The molecular weight excluding hydrogens is 151 g/mol. The highest BCUT2D eigenvalue weighted by molar-refractivity contribution is 9.09. The Labute approximate surface area is 54.1 Å². The summed E-state index contributed by atoms with van der Waals surface area (Å²) in [7, 11) is 0. The van der Waals surface area contributed by atoms with Gasteiger partial charge in [0.1, 0.15) is 0 Å². The molecule has 5 heavy (non-hydrogen) atoms. The highest BCUT2D eigenvalue weighted by Gasteiger charge is 1.71. The second kappa shape index (κ2) is 4.77. The standard InChI is InChI=1S/C3H6BrCl/c4-2-1-3-5/h1-3H2/i1D2,2D2,3D2. The Morgan fingerprint density at radius 2 is 2.60 bits per heavy atom. The summed E-state index contributed by atoms with van der Waals surface area (Å²) in [5, 5.41) is -2.48. The van der Waals surface area contributed by atoms with Crippen LogP contribution in [0.5, 0.6) is 0 Å². The molecule has 0 radical (unpaired) electrons. The molecule has 0 aromatic carbocycles. The maximum absolute atomic E-state index is 6.97. The van der Waals surface area contributed by atoms with Crippen molar-refractivity contribution in [1.82, 2.24) is 0 Å². The van der Waals surface area contributed by atoms with Gasteiger partial charge in [-0.1, -0.05) is 15.9 Å². The summed E-state index contributed by atoms with van der Waals surface area (Å²) in [6, 6.07) is 0. The van der Waals surface area contributed by atoms with Gasteiger partial charge in [0.25, 0.3) is 0 Å². The lowest BCUT2D eigenvalue weighted by Crippen LogP contribution is -1.70. The maximum Gasteiger partial charge on any atom is 0.0435 e. The normalized spacial score (nSPS) is 34.8. The molecule has 0 amide bonds. The first-order chi connectivity index (χ1) is 4.50. The zero-order chi connectivity index (χ0) is 9.50. The van der Waals surface area contributed by atoms with E-state index in [4.69, 9.17) is 19.8 Å². The number of rotatable bonds is 2. The summed E-state index contributed by atoms with van der Waals surface area (Å²) < 4.78 is 41.2. The Balaban J connectivity index is 4.75. The van der Waals surface area contributed by atoms with Gasteiger partial charge in [0.05, 0.1) is 0 Å². The topological polar surface area (TPSA) is 0 Å². The molecule has 0 aliphatic carbocycles.